The van der Waals surface area contributed by atoms with Gasteiger partial charge in [0.25, 0.3) is 0 Å². The molecule has 0 aromatic carbocycles. The molecule has 0 aromatic heterocycles. The van der Waals surface area contributed by atoms with Crippen LogP contribution in [0.2, 0.25) is 47.9 Å². The normalized spacial score (nSPS) is 19.2. The quantitative estimate of drug-likeness (QED) is 0.280. The summed E-state index contributed by atoms with van der Waals surface area (Å²) in [6, 6.07) is 0. The van der Waals surface area contributed by atoms with Gasteiger partial charge in [0.2, 0.25) is 0 Å². The molecule has 0 aromatic rings. The molecule has 10 radical (unpaired) electrons. The first-order chi connectivity index (χ1) is 15.2. The van der Waals surface area contributed by atoms with Crippen LogP contribution in [0.25, 0.3) is 0 Å². The van der Waals surface area contributed by atoms with Gasteiger partial charge in [-0.1, -0.05) is 66.0 Å². The summed E-state index contributed by atoms with van der Waals surface area (Å²) in [7, 11) is 27.3. The van der Waals surface area contributed by atoms with E-state index in [1.54, 1.807) is 0 Å². The standard InChI is InChI=1S/C20H44B10O2Si2/c1-19(2,3)33(7,8)31-15-11-13-17-18(14-12-16-32-34(9,10)20(4,5)6)26(17)30(28(23)24)29(25)27(21)22/h17-18H,11-16H2,1-10H3. The van der Waals surface area contributed by atoms with Gasteiger partial charge in [-0.25, -0.2) is 0 Å². The van der Waals surface area contributed by atoms with Crippen molar-refractivity contribution < 1.29 is 8.85 Å². The lowest BCUT2D eigenvalue weighted by molar-refractivity contribution is 0.274. The maximum atomic E-state index is 6.41. The Morgan fingerprint density at radius 1 is 0.676 bits per heavy atom. The van der Waals surface area contributed by atoms with Gasteiger partial charge < -0.3 is 8.85 Å². The first-order valence-corrected chi connectivity index (χ1v) is 19.1. The van der Waals surface area contributed by atoms with Crippen molar-refractivity contribution in [3.8, 4) is 0 Å². The second-order valence-corrected chi connectivity index (χ2v) is 23.3. The Hall–Kier alpha value is 1.00. The monoisotopic (exact) mass is 482 g/mol. The minimum Gasteiger partial charge on any atom is -0.417 e. The molecule has 1 heterocycles. The largest absolute Gasteiger partial charge is 0.417 e. The molecule has 0 saturated carbocycles. The van der Waals surface area contributed by atoms with E-state index in [1.807, 2.05) is 0 Å². The van der Waals surface area contributed by atoms with Crippen molar-refractivity contribution in [1.29, 1.82) is 0 Å². The van der Waals surface area contributed by atoms with Crippen LogP contribution in [0.4, 0.5) is 0 Å². The van der Waals surface area contributed by atoms with Gasteiger partial charge >= 0.3 is 0 Å². The van der Waals surface area contributed by atoms with Crippen LogP contribution in [0, 0.1) is 0 Å². The van der Waals surface area contributed by atoms with E-state index in [0.717, 1.165) is 38.9 Å². The number of hydrogen-bond donors (Lipinski definition) is 0. The van der Waals surface area contributed by atoms with Crippen LogP contribution >= 0.6 is 0 Å². The lowest BCUT2D eigenvalue weighted by Gasteiger charge is -2.36. The Morgan fingerprint density at radius 2 is 1.03 bits per heavy atom. The molecule has 2 unspecified atom stereocenters. The smallest absolute Gasteiger partial charge is 0.191 e. The summed E-state index contributed by atoms with van der Waals surface area (Å²) in [6.07, 6.45) is 2.68. The Morgan fingerprint density at radius 3 is 1.29 bits per heavy atom. The van der Waals surface area contributed by atoms with Gasteiger partial charge in [-0.2, -0.15) is 0 Å². The van der Waals surface area contributed by atoms with Crippen molar-refractivity contribution in [2.45, 2.75) is 115 Å². The number of hydrogen-bond acceptors (Lipinski definition) is 2. The highest BCUT2D eigenvalue weighted by molar-refractivity contribution is 8.01. The minimum absolute atomic E-state index is 0.0716. The molecule has 1 saturated heterocycles. The van der Waals surface area contributed by atoms with E-state index in [2.05, 4.69) is 67.7 Å². The van der Waals surface area contributed by atoms with Crippen LogP contribution in [-0.4, -0.2) is 101 Å². The molecule has 174 valence electrons. The molecule has 2 nitrogen and oxygen atoms in total. The second kappa shape index (κ2) is 12.7. The van der Waals surface area contributed by atoms with E-state index in [4.69, 9.17) is 47.5 Å². The van der Waals surface area contributed by atoms with Crippen molar-refractivity contribution in [2.24, 2.45) is 0 Å². The van der Waals surface area contributed by atoms with E-state index >= 15 is 0 Å². The molecule has 34 heavy (non-hydrogen) atoms. The lowest BCUT2D eigenvalue weighted by atomic mass is 8.57. The zero-order chi connectivity index (χ0) is 26.7. The van der Waals surface area contributed by atoms with Crippen LogP contribution < -0.4 is 0 Å². The van der Waals surface area contributed by atoms with Gasteiger partial charge in [0, 0.05) is 77.4 Å². The molecule has 1 aliphatic heterocycles. The highest BCUT2D eigenvalue weighted by Crippen LogP contribution is 2.57. The molecule has 2 atom stereocenters. The van der Waals surface area contributed by atoms with E-state index in [9.17, 15) is 0 Å². The van der Waals surface area contributed by atoms with Crippen molar-refractivity contribution in [2.75, 3.05) is 13.2 Å². The predicted octanol–water partition coefficient (Wildman–Crippen LogP) is 3.46. The third-order valence-electron chi connectivity index (χ3n) is 9.08. The Bertz CT molecular complexity index is 585. The first kappa shape index (κ1) is 33.0. The molecule has 0 spiro atoms. The summed E-state index contributed by atoms with van der Waals surface area (Å²) in [6.45, 7) is 24.9. The summed E-state index contributed by atoms with van der Waals surface area (Å²) in [5.41, 5.74) is 0. The van der Waals surface area contributed by atoms with Gasteiger partial charge in [-0.05, 0) is 49.1 Å². The van der Waals surface area contributed by atoms with Gasteiger partial charge in [0.15, 0.2) is 16.6 Å². The summed E-state index contributed by atoms with van der Waals surface area (Å²) >= 11 is 0. The highest BCUT2D eigenvalue weighted by Gasteiger charge is 2.57. The van der Waals surface area contributed by atoms with Gasteiger partial charge in [0.05, 0.1) is 6.60 Å². The molecule has 1 rings (SSSR count). The fraction of sp³-hybridized carbons (Fsp3) is 1.00. The van der Waals surface area contributed by atoms with E-state index in [-0.39, 0.29) is 16.5 Å². The third kappa shape index (κ3) is 9.08. The lowest BCUT2D eigenvalue weighted by Crippen LogP contribution is -2.63. The third-order valence-corrected chi connectivity index (χ3v) is 18.2. The predicted molar refractivity (Wildman–Crippen MR) is 170 cm³/mol. The van der Waals surface area contributed by atoms with Crippen LogP contribution in [-0.2, 0) is 8.85 Å². The molecule has 1 aliphatic rings. The summed E-state index contributed by atoms with van der Waals surface area (Å²) in [4.78, 5) is 0. The molecule has 0 N–H and O–H groups in total. The number of rotatable bonds is 14. The summed E-state index contributed by atoms with van der Waals surface area (Å²) in [5, 5.41) is 0.451. The van der Waals surface area contributed by atoms with E-state index in [1.165, 1.54) is 0 Å². The Balaban J connectivity index is 2.75. The summed E-state index contributed by atoms with van der Waals surface area (Å²) in [5.74, 6) is 1.08. The zero-order valence-electron chi connectivity index (χ0n) is 24.0. The van der Waals surface area contributed by atoms with Crippen molar-refractivity contribution in [3.05, 3.63) is 0 Å². The van der Waals surface area contributed by atoms with Gasteiger partial charge in [-0.15, -0.1) is 0 Å². The maximum absolute atomic E-state index is 6.41. The molecule has 0 amide bonds. The van der Waals surface area contributed by atoms with E-state index < -0.39 is 35.8 Å². The van der Waals surface area contributed by atoms with Gasteiger partial charge in [0.1, 0.15) is 0 Å². The average molecular weight is 481 g/mol. The fourth-order valence-corrected chi connectivity index (χ4v) is 6.79. The SMILES string of the molecule is [B]B([B])B([B])B(B([B])[B])B1C(CCCO[Si](C)(C)C(C)(C)C)C1CCCO[Si](C)(C)C(C)(C)C. The average Bonchev–Trinajstić information content (AvgIpc) is 3.32. The van der Waals surface area contributed by atoms with Crippen molar-refractivity contribution >= 4 is 87.5 Å². The molecule has 0 aliphatic carbocycles. The molecular weight excluding hydrogens is 437 g/mol. The second-order valence-electron chi connectivity index (χ2n) is 13.7. The van der Waals surface area contributed by atoms with Crippen molar-refractivity contribution in [3.63, 3.8) is 0 Å². The van der Waals surface area contributed by atoms with Crippen LogP contribution in [0.1, 0.15) is 67.2 Å². The molecular formula is C20H44B10O2Si2. The molecule has 14 heteroatoms. The van der Waals surface area contributed by atoms with Crippen LogP contribution in [0.15, 0.2) is 0 Å². The Kier molecular flexibility index (Phi) is 12.3. The highest BCUT2D eigenvalue weighted by atomic mass is 28.4. The van der Waals surface area contributed by atoms with Crippen LogP contribution in [0.5, 0.6) is 0 Å². The van der Waals surface area contributed by atoms with Gasteiger partial charge in [-0.3, -0.25) is 0 Å². The summed E-state index contributed by atoms with van der Waals surface area (Å²) < 4.78 is 12.8. The van der Waals surface area contributed by atoms with Crippen molar-refractivity contribution in [1.82, 2.24) is 0 Å². The van der Waals surface area contributed by atoms with Crippen LogP contribution in [0.3, 0.4) is 0 Å². The maximum Gasteiger partial charge on any atom is 0.191 e. The topological polar surface area (TPSA) is 18.5 Å². The molecule has 0 bridgehead atoms. The molecule has 1 fully saturated rings. The minimum atomic E-state index is -1.73. The fourth-order valence-electron chi connectivity index (χ4n) is 4.61. The Labute approximate surface area is 224 Å². The first-order valence-electron chi connectivity index (χ1n) is 13.3. The zero-order valence-corrected chi connectivity index (χ0v) is 26.0. The van der Waals surface area contributed by atoms with E-state index in [0.29, 0.717) is 18.2 Å².